The monoisotopic (exact) mass is 685 g/mol. The van der Waals surface area contributed by atoms with Crippen molar-refractivity contribution in [2.75, 3.05) is 27.2 Å². The van der Waals surface area contributed by atoms with Crippen LogP contribution in [0.2, 0.25) is 0 Å². The van der Waals surface area contributed by atoms with E-state index < -0.39 is 0 Å². The van der Waals surface area contributed by atoms with E-state index in [0.717, 1.165) is 35.8 Å². The third-order valence-electron chi connectivity index (χ3n) is 11.8. The fourth-order valence-corrected chi connectivity index (χ4v) is 8.39. The molecule has 1 aromatic carbocycles. The minimum atomic E-state index is -0.266. The number of hydrazine groups is 1. The van der Waals surface area contributed by atoms with Crippen molar-refractivity contribution in [1.82, 2.24) is 14.9 Å². The largest absolute Gasteiger partial charge is 0.359 e. The number of amides is 2. The van der Waals surface area contributed by atoms with E-state index in [4.69, 9.17) is 4.99 Å². The number of hydrogen-bond donors (Lipinski definition) is 0. The SMILES string of the molecule is CCCCC(CC)CN(CC(CC)CCCC)C1=NC(c2c(C)cc(C3CCCCC3)cc2C)=C(/C=C2\C(=O)N(N(C)C)C(=O)C(C)=C2C)C1. The lowest BCUT2D eigenvalue weighted by Gasteiger charge is -2.33. The first-order chi connectivity index (χ1) is 23.9. The molecular formula is C44H68N4O2. The Labute approximate surface area is 305 Å². The minimum Gasteiger partial charge on any atom is -0.359 e. The van der Waals surface area contributed by atoms with Crippen molar-refractivity contribution < 1.29 is 9.59 Å². The van der Waals surface area contributed by atoms with E-state index in [-0.39, 0.29) is 11.8 Å². The van der Waals surface area contributed by atoms with E-state index in [1.54, 1.807) is 19.1 Å². The molecule has 3 aliphatic rings. The normalized spacial score (nSPS) is 19.7. The molecule has 0 aromatic heterocycles. The summed E-state index contributed by atoms with van der Waals surface area (Å²) in [6.07, 6.45) is 19.1. The lowest BCUT2D eigenvalue weighted by Crippen LogP contribution is -2.49. The van der Waals surface area contributed by atoms with Crippen molar-refractivity contribution in [3.05, 3.63) is 62.8 Å². The predicted octanol–water partition coefficient (Wildman–Crippen LogP) is 10.7. The van der Waals surface area contributed by atoms with Crippen LogP contribution >= 0.6 is 0 Å². The van der Waals surface area contributed by atoms with Gasteiger partial charge in [-0.1, -0.05) is 97.6 Å². The molecule has 1 fully saturated rings. The zero-order valence-electron chi connectivity index (χ0n) is 33.4. The minimum absolute atomic E-state index is 0.251. The van der Waals surface area contributed by atoms with Crippen LogP contribution in [0.15, 0.2) is 45.5 Å². The first-order valence-electron chi connectivity index (χ1n) is 20.1. The van der Waals surface area contributed by atoms with Crippen LogP contribution in [-0.2, 0) is 9.59 Å². The molecule has 6 nitrogen and oxygen atoms in total. The number of carbonyl (C=O) groups excluding carboxylic acids is 2. The van der Waals surface area contributed by atoms with Crippen molar-refractivity contribution in [2.45, 2.75) is 151 Å². The molecule has 0 N–H and O–H groups in total. The first kappa shape index (κ1) is 39.8. The van der Waals surface area contributed by atoms with Crippen LogP contribution in [0.5, 0.6) is 0 Å². The fourth-order valence-electron chi connectivity index (χ4n) is 8.39. The first-order valence-corrected chi connectivity index (χ1v) is 20.1. The molecule has 2 heterocycles. The number of nitrogens with zero attached hydrogens (tertiary/aromatic N) is 4. The van der Waals surface area contributed by atoms with Crippen LogP contribution in [0.4, 0.5) is 0 Å². The highest BCUT2D eigenvalue weighted by atomic mass is 16.2. The molecule has 1 aliphatic carbocycles. The lowest BCUT2D eigenvalue weighted by atomic mass is 9.81. The van der Waals surface area contributed by atoms with Gasteiger partial charge in [0.1, 0.15) is 5.84 Å². The van der Waals surface area contributed by atoms with Crippen LogP contribution in [0, 0.1) is 25.7 Å². The number of amidine groups is 1. The summed E-state index contributed by atoms with van der Waals surface area (Å²) in [5.41, 5.74) is 9.22. The second kappa shape index (κ2) is 18.5. The summed E-state index contributed by atoms with van der Waals surface area (Å²) < 4.78 is 0. The Bertz CT molecular complexity index is 1450. The van der Waals surface area contributed by atoms with Crippen LogP contribution in [0.1, 0.15) is 160 Å². The fraction of sp³-hybridized carbons (Fsp3) is 0.659. The van der Waals surface area contributed by atoms with E-state index in [1.165, 1.54) is 111 Å². The molecule has 276 valence electrons. The summed E-state index contributed by atoms with van der Waals surface area (Å²) in [5, 5.41) is 2.87. The summed E-state index contributed by atoms with van der Waals surface area (Å²) >= 11 is 0. The number of allylic oxidation sites excluding steroid dienone is 1. The number of rotatable bonds is 16. The highest BCUT2D eigenvalue weighted by molar-refractivity contribution is 6.16. The molecule has 2 unspecified atom stereocenters. The van der Waals surface area contributed by atoms with Gasteiger partial charge in [-0.05, 0) is 105 Å². The Morgan fingerprint density at radius 1 is 0.820 bits per heavy atom. The summed E-state index contributed by atoms with van der Waals surface area (Å²) in [7, 11) is 3.51. The van der Waals surface area contributed by atoms with Crippen LogP contribution in [0.3, 0.4) is 0 Å². The van der Waals surface area contributed by atoms with Gasteiger partial charge >= 0.3 is 0 Å². The average molecular weight is 685 g/mol. The van der Waals surface area contributed by atoms with Gasteiger partial charge in [0.05, 0.1) is 5.70 Å². The van der Waals surface area contributed by atoms with E-state index in [1.807, 2.05) is 13.8 Å². The summed E-state index contributed by atoms with van der Waals surface area (Å²) in [4.78, 5) is 35.4. The Kier molecular flexibility index (Phi) is 14.7. The molecule has 4 rings (SSSR count). The van der Waals surface area contributed by atoms with Gasteiger partial charge in [0.15, 0.2) is 0 Å². The Hall–Kier alpha value is -2.99. The molecule has 0 bridgehead atoms. The zero-order chi connectivity index (χ0) is 36.5. The van der Waals surface area contributed by atoms with Crippen molar-refractivity contribution >= 4 is 23.3 Å². The molecule has 0 saturated heterocycles. The summed E-state index contributed by atoms with van der Waals surface area (Å²) in [6.45, 7) is 19.6. The maximum Gasteiger partial charge on any atom is 0.275 e. The predicted molar refractivity (Wildman–Crippen MR) is 211 cm³/mol. The molecule has 2 atom stereocenters. The van der Waals surface area contributed by atoms with Gasteiger partial charge in [-0.15, -0.1) is 0 Å². The standard InChI is InChI=1S/C44H68N4O2/c1-11-15-20-34(13-3)28-47(29-35(14-4)21-16-12-2)40-27-38(26-39-32(7)33(8)43(49)48(44(39)50)46(9)10)42(45-40)41-30(5)24-37(25-31(41)6)36-22-18-17-19-23-36/h24-26,34-36H,11-23,27-29H2,1-10H3/b39-26-. The number of aryl methyl sites for hydroxylation is 2. The quantitative estimate of drug-likeness (QED) is 0.128. The van der Waals surface area contributed by atoms with Gasteiger partial charge in [-0.25, -0.2) is 15.0 Å². The molecular weight excluding hydrogens is 617 g/mol. The van der Waals surface area contributed by atoms with E-state index in [2.05, 4.69) is 64.7 Å². The molecule has 1 saturated carbocycles. The van der Waals surface area contributed by atoms with Gasteiger partial charge in [-0.2, -0.15) is 0 Å². The Morgan fingerprint density at radius 3 is 1.88 bits per heavy atom. The Balaban J connectivity index is 1.86. The summed E-state index contributed by atoms with van der Waals surface area (Å²) in [6, 6.07) is 4.84. The topological polar surface area (TPSA) is 56.2 Å². The Morgan fingerprint density at radius 2 is 1.38 bits per heavy atom. The maximum atomic E-state index is 14.0. The van der Waals surface area contributed by atoms with Gasteiger partial charge in [0.2, 0.25) is 0 Å². The van der Waals surface area contributed by atoms with E-state index in [9.17, 15) is 9.59 Å². The smallest absolute Gasteiger partial charge is 0.275 e. The number of unbranched alkanes of at least 4 members (excludes halogenated alkanes) is 2. The molecule has 2 aliphatic heterocycles. The number of benzene rings is 1. The van der Waals surface area contributed by atoms with Gasteiger partial charge in [-0.3, -0.25) is 9.59 Å². The van der Waals surface area contributed by atoms with Gasteiger partial charge in [0.25, 0.3) is 11.8 Å². The third-order valence-corrected chi connectivity index (χ3v) is 11.8. The molecule has 2 amide bonds. The van der Waals surface area contributed by atoms with Crippen molar-refractivity contribution in [3.8, 4) is 0 Å². The number of imide groups is 1. The van der Waals surface area contributed by atoms with Crippen molar-refractivity contribution in [2.24, 2.45) is 16.8 Å². The summed E-state index contributed by atoms with van der Waals surface area (Å²) in [5.74, 6) is 2.50. The van der Waals surface area contributed by atoms with Crippen molar-refractivity contribution in [3.63, 3.8) is 0 Å². The number of aliphatic imine (C=N–C) groups is 1. The van der Waals surface area contributed by atoms with Gasteiger partial charge in [0, 0.05) is 50.3 Å². The second-order valence-corrected chi connectivity index (χ2v) is 15.8. The molecule has 0 radical (unpaired) electrons. The molecule has 0 spiro atoms. The molecule has 6 heteroatoms. The maximum absolute atomic E-state index is 14.0. The average Bonchev–Trinajstić information content (AvgIpc) is 3.51. The zero-order valence-corrected chi connectivity index (χ0v) is 33.4. The van der Waals surface area contributed by atoms with Gasteiger partial charge < -0.3 is 4.90 Å². The van der Waals surface area contributed by atoms with Crippen molar-refractivity contribution in [1.29, 1.82) is 0 Å². The second-order valence-electron chi connectivity index (χ2n) is 15.8. The lowest BCUT2D eigenvalue weighted by molar-refractivity contribution is -0.155. The van der Waals surface area contributed by atoms with E-state index in [0.29, 0.717) is 35.3 Å². The molecule has 50 heavy (non-hydrogen) atoms. The van der Waals surface area contributed by atoms with E-state index >= 15 is 0 Å². The molecule has 1 aromatic rings. The third kappa shape index (κ3) is 9.26. The van der Waals surface area contributed by atoms with Crippen LogP contribution in [0.25, 0.3) is 5.70 Å². The highest BCUT2D eigenvalue weighted by Gasteiger charge is 2.36. The number of carbonyl (C=O) groups is 2. The van der Waals surface area contributed by atoms with Crippen LogP contribution < -0.4 is 0 Å². The number of hydrogen-bond acceptors (Lipinski definition) is 5. The highest BCUT2D eigenvalue weighted by Crippen LogP contribution is 2.40. The van der Waals surface area contributed by atoms with Crippen LogP contribution in [-0.4, -0.2) is 59.8 Å².